The number of aromatic hydroxyl groups is 1. The summed E-state index contributed by atoms with van der Waals surface area (Å²) in [7, 11) is -0.0834. The molecular formula is C27H31FN8O5S2. The second-order valence-electron chi connectivity index (χ2n) is 10.8. The summed E-state index contributed by atoms with van der Waals surface area (Å²) >= 11 is 1.21. The Labute approximate surface area is 251 Å². The molecule has 0 bridgehead atoms. The lowest BCUT2D eigenvalue weighted by molar-refractivity contribution is -0.133. The Morgan fingerprint density at radius 1 is 1.07 bits per heavy atom. The minimum atomic E-state index is -3.60. The molecule has 0 saturated carbocycles. The van der Waals surface area contributed by atoms with E-state index >= 15 is 0 Å². The SMILES string of the molecule is CN1CCN(C(=O)Cn2ccn3c(=O)c(O)c(-c4ncc(Cc5ccc(F)cc5CN5CCN(C)S5(=O)=O)s4)nc23)CC1. The number of benzene rings is 1. The lowest BCUT2D eigenvalue weighted by atomic mass is 10.0. The monoisotopic (exact) mass is 630 g/mol. The smallest absolute Gasteiger partial charge is 0.302 e. The zero-order chi connectivity index (χ0) is 30.5. The number of likely N-dealkylation sites (N-methyl/N-ethyl adjacent to an activating group) is 2. The van der Waals surface area contributed by atoms with Crippen LogP contribution in [0.5, 0.6) is 5.75 Å². The Balaban J connectivity index is 1.26. The maximum absolute atomic E-state index is 14.2. The third kappa shape index (κ3) is 5.68. The number of carbonyl (C=O) groups excluding carboxylic acids is 1. The van der Waals surface area contributed by atoms with Gasteiger partial charge in [-0.25, -0.2) is 18.8 Å². The van der Waals surface area contributed by atoms with Crippen molar-refractivity contribution in [3.05, 3.63) is 69.0 Å². The third-order valence-corrected chi connectivity index (χ3v) is 10.8. The van der Waals surface area contributed by atoms with E-state index in [4.69, 9.17) is 0 Å². The second kappa shape index (κ2) is 11.4. The molecule has 5 heterocycles. The van der Waals surface area contributed by atoms with Gasteiger partial charge in [0.2, 0.25) is 17.4 Å². The van der Waals surface area contributed by atoms with Gasteiger partial charge in [-0.15, -0.1) is 11.3 Å². The molecule has 4 aromatic rings. The lowest BCUT2D eigenvalue weighted by Gasteiger charge is -2.32. The van der Waals surface area contributed by atoms with E-state index in [1.54, 1.807) is 27.9 Å². The predicted octanol–water partition coefficient (Wildman–Crippen LogP) is 0.821. The predicted molar refractivity (Wildman–Crippen MR) is 157 cm³/mol. The van der Waals surface area contributed by atoms with Crippen LogP contribution in [0.15, 0.2) is 41.6 Å². The van der Waals surface area contributed by atoms with Crippen LogP contribution < -0.4 is 5.56 Å². The first kappa shape index (κ1) is 29.4. The average molecular weight is 631 g/mol. The number of halogens is 1. The number of carbonyl (C=O) groups is 1. The first-order valence-electron chi connectivity index (χ1n) is 13.7. The summed E-state index contributed by atoms with van der Waals surface area (Å²) in [6.45, 7) is 3.52. The number of imidazole rings is 1. The molecule has 0 radical (unpaired) electrons. The van der Waals surface area contributed by atoms with Crippen LogP contribution in [0, 0.1) is 5.82 Å². The van der Waals surface area contributed by atoms with Crippen LogP contribution in [0.3, 0.4) is 0 Å². The van der Waals surface area contributed by atoms with Crippen LogP contribution in [0.25, 0.3) is 16.5 Å². The van der Waals surface area contributed by atoms with E-state index in [1.807, 2.05) is 7.05 Å². The number of hydrogen-bond acceptors (Lipinski definition) is 9. The number of nitrogens with zero attached hydrogens (tertiary/aromatic N) is 8. The zero-order valence-corrected chi connectivity index (χ0v) is 25.3. The van der Waals surface area contributed by atoms with E-state index in [9.17, 15) is 27.5 Å². The molecule has 2 saturated heterocycles. The van der Waals surface area contributed by atoms with Crippen molar-refractivity contribution in [1.82, 2.24) is 37.3 Å². The zero-order valence-electron chi connectivity index (χ0n) is 23.7. The summed E-state index contributed by atoms with van der Waals surface area (Å²) in [5.74, 6) is -0.914. The Morgan fingerprint density at radius 2 is 1.84 bits per heavy atom. The molecule has 43 heavy (non-hydrogen) atoms. The number of thiazole rings is 1. The Bertz CT molecular complexity index is 1860. The summed E-state index contributed by atoms with van der Waals surface area (Å²) < 4.78 is 44.7. The first-order valence-corrected chi connectivity index (χ1v) is 15.9. The fourth-order valence-electron chi connectivity index (χ4n) is 5.27. The summed E-state index contributed by atoms with van der Waals surface area (Å²) in [5, 5.41) is 11.0. The van der Waals surface area contributed by atoms with Gasteiger partial charge in [-0.1, -0.05) is 6.07 Å². The molecule has 1 amide bonds. The van der Waals surface area contributed by atoms with Crippen molar-refractivity contribution in [2.45, 2.75) is 19.5 Å². The van der Waals surface area contributed by atoms with Gasteiger partial charge in [0.15, 0.2) is 5.69 Å². The number of fused-ring (bicyclic) bond motifs is 1. The summed E-state index contributed by atoms with van der Waals surface area (Å²) in [6.07, 6.45) is 4.97. The normalized spacial score (nSPS) is 18.2. The molecule has 6 rings (SSSR count). The van der Waals surface area contributed by atoms with Crippen LogP contribution in [0.1, 0.15) is 16.0 Å². The van der Waals surface area contributed by atoms with Gasteiger partial charge in [-0.05, 0) is 30.3 Å². The van der Waals surface area contributed by atoms with Crippen molar-refractivity contribution >= 4 is 33.2 Å². The highest BCUT2D eigenvalue weighted by molar-refractivity contribution is 7.86. The minimum absolute atomic E-state index is 0.00114. The fourth-order valence-corrected chi connectivity index (χ4v) is 7.52. The Morgan fingerprint density at radius 3 is 2.56 bits per heavy atom. The molecule has 2 aliphatic rings. The van der Waals surface area contributed by atoms with Crippen molar-refractivity contribution in [3.63, 3.8) is 0 Å². The van der Waals surface area contributed by atoms with Crippen LogP contribution in [0.2, 0.25) is 0 Å². The van der Waals surface area contributed by atoms with Crippen molar-refractivity contribution in [1.29, 1.82) is 0 Å². The van der Waals surface area contributed by atoms with Crippen LogP contribution in [-0.4, -0.2) is 110 Å². The van der Waals surface area contributed by atoms with E-state index in [0.29, 0.717) is 43.2 Å². The topological polar surface area (TPSA) is 137 Å². The van der Waals surface area contributed by atoms with Crippen molar-refractivity contribution in [2.75, 3.05) is 53.4 Å². The molecule has 228 valence electrons. The van der Waals surface area contributed by atoms with Crippen molar-refractivity contribution in [3.8, 4) is 16.5 Å². The highest BCUT2D eigenvalue weighted by atomic mass is 32.2. The van der Waals surface area contributed by atoms with Gasteiger partial charge in [0.25, 0.3) is 10.2 Å². The van der Waals surface area contributed by atoms with E-state index in [-0.39, 0.29) is 30.5 Å². The quantitative estimate of drug-likeness (QED) is 0.317. The van der Waals surface area contributed by atoms with Gasteiger partial charge in [-0.3, -0.25) is 9.59 Å². The standard InChI is InChI=1S/C27H31FN8O5S2/c1-31-5-8-33(9-6-31)22(37)17-34-10-12-36-26(39)24(38)23(30-27(34)36)25-29-15-21(42-25)14-18-3-4-20(28)13-19(18)16-35-11-7-32(2)43(35,40)41/h3-4,10,12-13,15,38H,5-9,11,14,16-17H2,1-2H3. The molecule has 0 aliphatic carbocycles. The Hall–Kier alpha value is -3.70. The highest BCUT2D eigenvalue weighted by Crippen LogP contribution is 2.31. The maximum atomic E-state index is 14.2. The van der Waals surface area contributed by atoms with Crippen molar-refractivity contribution in [2.24, 2.45) is 0 Å². The Kier molecular flexibility index (Phi) is 7.80. The lowest BCUT2D eigenvalue weighted by Crippen LogP contribution is -2.48. The number of hydrogen-bond donors (Lipinski definition) is 1. The molecule has 0 atom stereocenters. The van der Waals surface area contributed by atoms with Gasteiger partial charge in [0.05, 0.1) is 0 Å². The van der Waals surface area contributed by atoms with Gasteiger partial charge in [0, 0.05) is 82.7 Å². The second-order valence-corrected chi connectivity index (χ2v) is 13.9. The number of rotatable bonds is 7. The fraction of sp³-hybridized carbons (Fsp3) is 0.407. The van der Waals surface area contributed by atoms with Gasteiger partial charge in [-0.2, -0.15) is 17.0 Å². The molecule has 0 unspecified atom stereocenters. The largest absolute Gasteiger partial charge is 0.501 e. The van der Waals surface area contributed by atoms with E-state index in [1.165, 1.54) is 49.7 Å². The molecule has 13 nitrogen and oxygen atoms in total. The first-order chi connectivity index (χ1) is 20.5. The third-order valence-electron chi connectivity index (χ3n) is 7.91. The van der Waals surface area contributed by atoms with E-state index < -0.39 is 27.3 Å². The van der Waals surface area contributed by atoms with Crippen molar-refractivity contribution < 1.29 is 22.7 Å². The summed E-state index contributed by atoms with van der Waals surface area (Å²) in [5.41, 5.74) is 0.585. The average Bonchev–Trinajstić information content (AvgIpc) is 3.67. The molecule has 3 aromatic heterocycles. The maximum Gasteiger partial charge on any atom is 0.302 e. The van der Waals surface area contributed by atoms with E-state index in [2.05, 4.69) is 14.9 Å². The van der Waals surface area contributed by atoms with Gasteiger partial charge < -0.3 is 19.5 Å². The molecule has 2 fully saturated rings. The molecule has 0 spiro atoms. The van der Waals surface area contributed by atoms with Gasteiger partial charge in [0.1, 0.15) is 17.4 Å². The van der Waals surface area contributed by atoms with E-state index in [0.717, 1.165) is 23.5 Å². The summed E-state index contributed by atoms with van der Waals surface area (Å²) in [6, 6.07) is 4.28. The summed E-state index contributed by atoms with van der Waals surface area (Å²) in [4.78, 5) is 39.6. The number of amides is 1. The van der Waals surface area contributed by atoms with Gasteiger partial charge >= 0.3 is 5.56 Å². The highest BCUT2D eigenvalue weighted by Gasteiger charge is 2.34. The van der Waals surface area contributed by atoms with Crippen LogP contribution >= 0.6 is 11.3 Å². The molecule has 16 heteroatoms. The number of piperazine rings is 1. The molecule has 1 N–H and O–H groups in total. The minimum Gasteiger partial charge on any atom is -0.501 e. The molecular weight excluding hydrogens is 599 g/mol. The molecule has 1 aromatic carbocycles. The van der Waals surface area contributed by atoms with Crippen LogP contribution in [-0.2, 0) is 34.5 Å². The van der Waals surface area contributed by atoms with Crippen LogP contribution in [0.4, 0.5) is 4.39 Å². The number of aromatic nitrogens is 4. The molecule has 2 aliphatic heterocycles.